The Morgan fingerprint density at radius 3 is 2.17 bits per heavy atom. The number of rotatable bonds is 9. The van der Waals surface area contributed by atoms with Crippen LogP contribution in [-0.4, -0.2) is 49.5 Å². The van der Waals surface area contributed by atoms with E-state index in [1.807, 2.05) is 20.8 Å². The van der Waals surface area contributed by atoms with Crippen LogP contribution >= 0.6 is 34.8 Å². The summed E-state index contributed by atoms with van der Waals surface area (Å²) in [5, 5.41) is 3.17. The van der Waals surface area contributed by atoms with Crippen LogP contribution in [0.5, 0.6) is 0 Å². The average molecular weight is 581 g/mol. The molecule has 0 heterocycles. The molecular formula is C24H29Cl3FN3O4S. The molecule has 0 aliphatic heterocycles. The van der Waals surface area contributed by atoms with Crippen molar-refractivity contribution >= 4 is 62.3 Å². The molecule has 0 aromatic heterocycles. The van der Waals surface area contributed by atoms with Crippen molar-refractivity contribution < 1.29 is 22.4 Å². The van der Waals surface area contributed by atoms with Crippen molar-refractivity contribution in [3.8, 4) is 0 Å². The summed E-state index contributed by atoms with van der Waals surface area (Å²) in [6.45, 7) is 6.51. The Labute approximate surface area is 226 Å². The summed E-state index contributed by atoms with van der Waals surface area (Å²) in [4.78, 5) is 28.1. The molecule has 12 heteroatoms. The van der Waals surface area contributed by atoms with E-state index < -0.39 is 45.8 Å². The van der Waals surface area contributed by atoms with Gasteiger partial charge in [0.2, 0.25) is 21.8 Å². The molecule has 0 aliphatic rings. The number of hydrogen-bond donors (Lipinski definition) is 1. The van der Waals surface area contributed by atoms with Gasteiger partial charge in [-0.2, -0.15) is 0 Å². The Balaban J connectivity index is 2.50. The monoisotopic (exact) mass is 579 g/mol. The maximum atomic E-state index is 13.7. The summed E-state index contributed by atoms with van der Waals surface area (Å²) in [6.07, 6.45) is 1.18. The van der Waals surface area contributed by atoms with Gasteiger partial charge in [0.15, 0.2) is 0 Å². The van der Waals surface area contributed by atoms with E-state index in [1.54, 1.807) is 25.1 Å². The molecule has 7 nitrogen and oxygen atoms in total. The van der Waals surface area contributed by atoms with Gasteiger partial charge >= 0.3 is 0 Å². The lowest BCUT2D eigenvalue weighted by molar-refractivity contribution is -0.141. The van der Waals surface area contributed by atoms with Crippen molar-refractivity contribution in [3.63, 3.8) is 0 Å². The molecule has 1 unspecified atom stereocenters. The van der Waals surface area contributed by atoms with Gasteiger partial charge in [0.25, 0.3) is 0 Å². The van der Waals surface area contributed by atoms with E-state index >= 15 is 0 Å². The van der Waals surface area contributed by atoms with Gasteiger partial charge in [-0.1, -0.05) is 47.8 Å². The first-order valence-electron chi connectivity index (χ1n) is 11.0. The largest absolute Gasteiger partial charge is 0.350 e. The Bertz CT molecular complexity index is 1240. The molecule has 0 aliphatic carbocycles. The number of carbonyl (C=O) groups excluding carboxylic acids is 2. The Morgan fingerprint density at radius 2 is 1.67 bits per heavy atom. The highest BCUT2D eigenvalue weighted by Gasteiger charge is 2.33. The zero-order valence-electron chi connectivity index (χ0n) is 20.6. The van der Waals surface area contributed by atoms with Gasteiger partial charge in [-0.05, 0) is 63.1 Å². The van der Waals surface area contributed by atoms with Crippen LogP contribution in [0, 0.1) is 5.82 Å². The van der Waals surface area contributed by atoms with E-state index in [9.17, 15) is 22.4 Å². The molecule has 36 heavy (non-hydrogen) atoms. The summed E-state index contributed by atoms with van der Waals surface area (Å²) in [5.74, 6) is -1.77. The highest BCUT2D eigenvalue weighted by Crippen LogP contribution is 2.26. The van der Waals surface area contributed by atoms with E-state index in [-0.39, 0.29) is 28.7 Å². The molecule has 1 atom stereocenters. The lowest BCUT2D eigenvalue weighted by Crippen LogP contribution is -2.55. The fraction of sp³-hybridized carbons (Fsp3) is 0.417. The van der Waals surface area contributed by atoms with Crippen LogP contribution in [0.25, 0.3) is 0 Å². The number of nitrogens with one attached hydrogen (secondary N) is 1. The molecule has 2 aromatic rings. The van der Waals surface area contributed by atoms with Crippen molar-refractivity contribution in [2.24, 2.45) is 0 Å². The summed E-state index contributed by atoms with van der Waals surface area (Å²) < 4.78 is 39.7. The third-order valence-corrected chi connectivity index (χ3v) is 7.26. The normalized spacial score (nSPS) is 12.7. The molecule has 0 radical (unpaired) electrons. The maximum Gasteiger partial charge on any atom is 0.244 e. The van der Waals surface area contributed by atoms with Gasteiger partial charge in [-0.15, -0.1) is 0 Å². The molecule has 2 amide bonds. The molecule has 0 bridgehead atoms. The summed E-state index contributed by atoms with van der Waals surface area (Å²) >= 11 is 18.0. The fourth-order valence-corrected chi connectivity index (χ4v) is 4.80. The first kappa shape index (κ1) is 30.2. The van der Waals surface area contributed by atoms with Crippen molar-refractivity contribution in [1.82, 2.24) is 10.2 Å². The van der Waals surface area contributed by atoms with Crippen LogP contribution in [0.4, 0.5) is 10.1 Å². The molecule has 0 saturated carbocycles. The minimum absolute atomic E-state index is 0.0129. The second-order valence-corrected chi connectivity index (χ2v) is 12.4. The molecule has 2 rings (SSSR count). The highest BCUT2D eigenvalue weighted by molar-refractivity contribution is 7.92. The summed E-state index contributed by atoms with van der Waals surface area (Å²) in [5.41, 5.74) is 0.0429. The molecule has 0 spiro atoms. The minimum Gasteiger partial charge on any atom is -0.350 e. The summed E-state index contributed by atoms with van der Waals surface area (Å²) in [6, 6.07) is 7.25. The predicted molar refractivity (Wildman–Crippen MR) is 143 cm³/mol. The van der Waals surface area contributed by atoms with Crippen LogP contribution in [0.1, 0.15) is 39.7 Å². The number of anilines is 1. The van der Waals surface area contributed by atoms with Crippen molar-refractivity contribution in [2.75, 3.05) is 17.1 Å². The third kappa shape index (κ3) is 8.23. The SMILES string of the molecule is CCC(C(=O)NC(C)(C)C)N(Cc1ccc(Cl)c(Cl)c1)C(=O)CN(c1ccc(F)c(Cl)c1)S(C)(=O)=O. The number of sulfonamides is 1. The van der Waals surface area contributed by atoms with Gasteiger partial charge in [0.05, 0.1) is 27.0 Å². The molecule has 0 saturated heterocycles. The quantitative estimate of drug-likeness (QED) is 0.438. The van der Waals surface area contributed by atoms with Gasteiger partial charge in [0.1, 0.15) is 18.4 Å². The van der Waals surface area contributed by atoms with Crippen molar-refractivity contribution in [1.29, 1.82) is 0 Å². The molecule has 198 valence electrons. The van der Waals surface area contributed by atoms with Gasteiger partial charge < -0.3 is 10.2 Å². The van der Waals surface area contributed by atoms with E-state index in [2.05, 4.69) is 5.32 Å². The van der Waals surface area contributed by atoms with E-state index in [0.29, 0.717) is 10.6 Å². The van der Waals surface area contributed by atoms with E-state index in [0.717, 1.165) is 22.7 Å². The van der Waals surface area contributed by atoms with Gasteiger partial charge in [-0.25, -0.2) is 12.8 Å². The predicted octanol–water partition coefficient (Wildman–Crippen LogP) is 5.27. The number of hydrogen-bond acceptors (Lipinski definition) is 4. The zero-order valence-corrected chi connectivity index (χ0v) is 23.7. The highest BCUT2D eigenvalue weighted by atomic mass is 35.5. The lowest BCUT2D eigenvalue weighted by atomic mass is 10.1. The first-order valence-corrected chi connectivity index (χ1v) is 14.0. The topological polar surface area (TPSA) is 86.8 Å². The Hall–Kier alpha value is -2.07. The van der Waals surface area contributed by atoms with Crippen LogP contribution in [0.15, 0.2) is 36.4 Å². The number of amides is 2. The molecular weight excluding hydrogens is 552 g/mol. The van der Waals surface area contributed by atoms with Crippen LogP contribution in [0.2, 0.25) is 15.1 Å². The van der Waals surface area contributed by atoms with Gasteiger partial charge in [0, 0.05) is 12.1 Å². The van der Waals surface area contributed by atoms with Crippen LogP contribution < -0.4 is 9.62 Å². The van der Waals surface area contributed by atoms with Crippen molar-refractivity contribution in [2.45, 2.75) is 52.2 Å². The molecule has 0 fully saturated rings. The smallest absolute Gasteiger partial charge is 0.244 e. The van der Waals surface area contributed by atoms with Crippen LogP contribution in [-0.2, 0) is 26.2 Å². The fourth-order valence-electron chi connectivity index (χ4n) is 3.46. The van der Waals surface area contributed by atoms with Gasteiger partial charge in [-0.3, -0.25) is 13.9 Å². The van der Waals surface area contributed by atoms with Crippen LogP contribution in [0.3, 0.4) is 0 Å². The van der Waals surface area contributed by atoms with E-state index in [4.69, 9.17) is 34.8 Å². The molecule has 2 aromatic carbocycles. The zero-order chi connectivity index (χ0) is 27.4. The number of benzene rings is 2. The second-order valence-electron chi connectivity index (χ2n) is 9.30. The van der Waals surface area contributed by atoms with E-state index in [1.165, 1.54) is 11.0 Å². The minimum atomic E-state index is -3.98. The Morgan fingerprint density at radius 1 is 1.03 bits per heavy atom. The summed E-state index contributed by atoms with van der Waals surface area (Å²) in [7, 11) is -3.98. The number of carbonyl (C=O) groups is 2. The van der Waals surface area contributed by atoms with Crippen molar-refractivity contribution in [3.05, 3.63) is 62.8 Å². The standard InChI is InChI=1S/C24H29Cl3FN3O4S/c1-6-21(23(33)29-24(2,3)4)30(13-15-7-9-17(25)18(26)11-15)22(32)14-31(36(5,34)35)16-8-10-20(28)19(27)12-16/h7-12,21H,6,13-14H2,1-5H3,(H,29,33). The Kier molecular flexibility index (Phi) is 10.0. The first-order chi connectivity index (χ1) is 16.5. The number of halogens is 4. The second kappa shape index (κ2) is 12.0. The lowest BCUT2D eigenvalue weighted by Gasteiger charge is -2.34. The maximum absolute atomic E-state index is 13.7. The average Bonchev–Trinajstić information content (AvgIpc) is 2.74. The third-order valence-electron chi connectivity index (χ3n) is 5.09. The number of nitrogens with zero attached hydrogens (tertiary/aromatic N) is 2. The molecule has 1 N–H and O–H groups in total.